The fourth-order valence-corrected chi connectivity index (χ4v) is 8.27. The first-order valence-electron chi connectivity index (χ1n) is 12.3. The summed E-state index contributed by atoms with van der Waals surface area (Å²) in [5.41, 5.74) is 4.07. The molecule has 0 aromatic heterocycles. The molecule has 2 atom stereocenters. The predicted molar refractivity (Wildman–Crippen MR) is 146 cm³/mol. The zero-order chi connectivity index (χ0) is 23.7. The third kappa shape index (κ3) is 7.80. The molecule has 0 aliphatic heterocycles. The van der Waals surface area contributed by atoms with Crippen LogP contribution < -0.4 is 0 Å². The molecule has 3 fully saturated rings. The Morgan fingerprint density at radius 3 is 1.82 bits per heavy atom. The molecular formula is C31H39NSiZr. The molecule has 0 spiro atoms. The van der Waals surface area contributed by atoms with E-state index in [1.165, 1.54) is 31.3 Å². The van der Waals surface area contributed by atoms with Gasteiger partial charge in [0.05, 0.1) is 8.07 Å². The molecule has 0 amide bonds. The number of rotatable bonds is 4. The van der Waals surface area contributed by atoms with Crippen LogP contribution in [0.25, 0.3) is 5.32 Å². The summed E-state index contributed by atoms with van der Waals surface area (Å²) in [7, 11) is -1.45. The second-order valence-corrected chi connectivity index (χ2v) is 15.1. The second-order valence-electron chi connectivity index (χ2n) is 10.1. The standard InChI is InChI=1S/C21H29NSi.2C5H5.Zr/c1-6-16(2)21(22-18-12-8-7-9-13-18)15-17-11-10-14-19(17)20(21)23(3,4)5;2*1-2-4-5-3-1;/h7-9,12-13,17H,10-11,14-15H2,1-5H3;2*1-5H;/q-2;;;+2/t17-,21-;;;/m1.../s1. The van der Waals surface area contributed by atoms with Crippen LogP contribution in [0.2, 0.25) is 19.6 Å². The van der Waals surface area contributed by atoms with Crippen molar-refractivity contribution < 1.29 is 26.2 Å². The van der Waals surface area contributed by atoms with Crippen molar-refractivity contribution in [1.29, 1.82) is 0 Å². The molecule has 5 rings (SSSR count). The van der Waals surface area contributed by atoms with Gasteiger partial charge in [-0.1, -0.05) is 79.6 Å². The molecular weight excluding hydrogens is 506 g/mol. The molecule has 4 aliphatic carbocycles. The van der Waals surface area contributed by atoms with E-state index in [-0.39, 0.29) is 31.7 Å². The second kappa shape index (κ2) is 14.4. The van der Waals surface area contributed by atoms with E-state index in [0.29, 0.717) is 0 Å². The summed E-state index contributed by atoms with van der Waals surface area (Å²) in [5.74, 6) is 0.757. The molecule has 3 saturated carbocycles. The van der Waals surface area contributed by atoms with E-state index in [1.807, 2.05) is 64.2 Å². The smallest absolute Gasteiger partial charge is 0.675 e. The minimum absolute atomic E-state index is 0. The minimum Gasteiger partial charge on any atom is -0.675 e. The van der Waals surface area contributed by atoms with Crippen molar-refractivity contribution >= 4 is 13.8 Å². The Morgan fingerprint density at radius 1 is 0.882 bits per heavy atom. The molecule has 34 heavy (non-hydrogen) atoms. The van der Waals surface area contributed by atoms with E-state index < -0.39 is 8.07 Å². The normalized spacial score (nSPS) is 26.1. The van der Waals surface area contributed by atoms with Crippen LogP contribution >= 0.6 is 0 Å². The van der Waals surface area contributed by atoms with E-state index in [9.17, 15) is 0 Å². The molecule has 0 unspecified atom stereocenters. The van der Waals surface area contributed by atoms with Crippen LogP contribution in [-0.4, -0.2) is 13.6 Å². The number of hydrogen-bond acceptors (Lipinski definition) is 0. The van der Waals surface area contributed by atoms with E-state index in [4.69, 9.17) is 5.32 Å². The summed E-state index contributed by atoms with van der Waals surface area (Å²) in [6.45, 7) is 11.8. The third-order valence-corrected chi connectivity index (χ3v) is 8.94. The van der Waals surface area contributed by atoms with Gasteiger partial charge in [-0.05, 0) is 89.4 Å². The van der Waals surface area contributed by atoms with Crippen molar-refractivity contribution in [2.24, 2.45) is 5.92 Å². The Bertz CT molecular complexity index is 758. The van der Waals surface area contributed by atoms with Gasteiger partial charge >= 0.3 is 26.2 Å². The molecule has 176 valence electrons. The summed E-state index contributed by atoms with van der Waals surface area (Å²) < 4.78 is 0. The first kappa shape index (κ1) is 29.8. The van der Waals surface area contributed by atoms with Gasteiger partial charge < -0.3 is 11.4 Å². The number of benzene rings is 1. The van der Waals surface area contributed by atoms with Gasteiger partial charge in [0.15, 0.2) is 0 Å². The molecule has 1 aromatic rings. The molecule has 4 aliphatic rings. The summed E-state index contributed by atoms with van der Waals surface area (Å²) >= 11 is 0. The van der Waals surface area contributed by atoms with Crippen LogP contribution in [0.3, 0.4) is 0 Å². The van der Waals surface area contributed by atoms with Gasteiger partial charge in [0.25, 0.3) is 0 Å². The summed E-state index contributed by atoms with van der Waals surface area (Å²) in [6.07, 6.45) is 28.7. The minimum atomic E-state index is -1.45. The summed E-state index contributed by atoms with van der Waals surface area (Å²) in [4.78, 5) is 0. The van der Waals surface area contributed by atoms with Crippen LogP contribution in [0.5, 0.6) is 0 Å². The van der Waals surface area contributed by atoms with Crippen molar-refractivity contribution in [3.05, 3.63) is 122 Å². The number of fused-ring (bicyclic) bond motifs is 1. The SMILES string of the molecule is C[C-]=C(C)[C@]1([N-]c2ccccc2)C[C@H]2CCCC2=C1[Si](C)(C)C.[CH]1[CH][CH][CH][CH]1.[CH]1[CH][CH][CH][CH]1.[Zr+2]. The monoisotopic (exact) mass is 543 g/mol. The Balaban J connectivity index is 0.000000305. The average molecular weight is 545 g/mol. The van der Waals surface area contributed by atoms with Gasteiger partial charge in [0.1, 0.15) is 0 Å². The van der Waals surface area contributed by atoms with Gasteiger partial charge in [-0.15, -0.1) is 5.69 Å². The van der Waals surface area contributed by atoms with Crippen molar-refractivity contribution in [2.75, 3.05) is 0 Å². The molecule has 3 heteroatoms. The quantitative estimate of drug-likeness (QED) is 0.266. The zero-order valence-corrected chi connectivity index (χ0v) is 25.0. The number of hydrogen-bond donors (Lipinski definition) is 0. The Kier molecular flexibility index (Phi) is 12.6. The van der Waals surface area contributed by atoms with Crippen LogP contribution in [0.4, 0.5) is 5.69 Å². The molecule has 1 aromatic carbocycles. The first-order chi connectivity index (χ1) is 15.9. The van der Waals surface area contributed by atoms with E-state index in [0.717, 1.165) is 11.6 Å². The first-order valence-corrected chi connectivity index (χ1v) is 15.8. The summed E-state index contributed by atoms with van der Waals surface area (Å²) in [6, 6.07) is 10.6. The average Bonchev–Trinajstić information content (AvgIpc) is 3.60. The van der Waals surface area contributed by atoms with Crippen LogP contribution in [0, 0.1) is 76.2 Å². The largest absolute Gasteiger partial charge is 2.00 e. The number of allylic oxidation sites excluding steroid dienone is 2. The molecule has 0 bridgehead atoms. The number of para-hydroxylation sites is 1. The molecule has 10 radical (unpaired) electrons. The molecule has 0 heterocycles. The maximum Gasteiger partial charge on any atom is 2.00 e. The van der Waals surface area contributed by atoms with Crippen LogP contribution in [0.15, 0.2) is 46.7 Å². The topological polar surface area (TPSA) is 14.1 Å². The van der Waals surface area contributed by atoms with Crippen molar-refractivity contribution in [2.45, 2.75) is 64.7 Å². The maximum absolute atomic E-state index is 5.37. The van der Waals surface area contributed by atoms with Crippen LogP contribution in [-0.2, 0) is 26.2 Å². The maximum atomic E-state index is 5.37. The van der Waals surface area contributed by atoms with Gasteiger partial charge in [0, 0.05) is 0 Å². The molecule has 0 saturated heterocycles. The van der Waals surface area contributed by atoms with Crippen molar-refractivity contribution in [3.63, 3.8) is 0 Å². The van der Waals surface area contributed by atoms with Crippen LogP contribution in [0.1, 0.15) is 39.5 Å². The summed E-state index contributed by atoms with van der Waals surface area (Å²) in [5, 5.41) is 7.08. The molecule has 0 N–H and O–H groups in total. The number of nitrogens with zero attached hydrogens (tertiary/aromatic N) is 1. The Labute approximate surface area is 231 Å². The van der Waals surface area contributed by atoms with Gasteiger partial charge in [-0.3, -0.25) is 5.57 Å². The van der Waals surface area contributed by atoms with E-state index in [2.05, 4.69) is 69.9 Å². The van der Waals surface area contributed by atoms with Gasteiger partial charge in [-0.2, -0.15) is 6.92 Å². The zero-order valence-electron chi connectivity index (χ0n) is 21.5. The fourth-order valence-electron chi connectivity index (χ4n) is 5.40. The van der Waals surface area contributed by atoms with Crippen molar-refractivity contribution in [1.82, 2.24) is 0 Å². The van der Waals surface area contributed by atoms with Crippen molar-refractivity contribution in [3.8, 4) is 0 Å². The molecule has 1 nitrogen and oxygen atoms in total. The Hall–Kier alpha value is -0.400. The van der Waals surface area contributed by atoms with E-state index >= 15 is 0 Å². The predicted octanol–water partition coefficient (Wildman–Crippen LogP) is 8.62. The Morgan fingerprint density at radius 2 is 1.38 bits per heavy atom. The van der Waals surface area contributed by atoms with Gasteiger partial charge in [-0.25, -0.2) is 0 Å². The third-order valence-electron chi connectivity index (χ3n) is 6.70. The van der Waals surface area contributed by atoms with E-state index in [1.54, 1.807) is 10.8 Å². The fraction of sp³-hybridized carbons (Fsp3) is 0.355. The van der Waals surface area contributed by atoms with Gasteiger partial charge in [0.2, 0.25) is 0 Å².